The Kier molecular flexibility index (Phi) is 4.58. The van der Waals surface area contributed by atoms with Gasteiger partial charge in [0, 0.05) is 25.6 Å². The summed E-state index contributed by atoms with van der Waals surface area (Å²) in [4.78, 5) is 2.89. The van der Waals surface area contributed by atoms with Gasteiger partial charge in [-0.2, -0.15) is 0 Å². The highest BCUT2D eigenvalue weighted by atomic mass is 79.9. The van der Waals surface area contributed by atoms with Gasteiger partial charge in [-0.05, 0) is 53.3 Å². The van der Waals surface area contributed by atoms with Crippen LogP contribution >= 0.6 is 38.6 Å². The number of hydrogen-bond donors (Lipinski definition) is 1. The Morgan fingerprint density at radius 3 is 2.69 bits per heavy atom. The van der Waals surface area contributed by atoms with Gasteiger partial charge >= 0.3 is 0 Å². The number of thiophene rings is 2. The molecule has 2 aromatic heterocycles. The molecule has 0 aliphatic heterocycles. The fourth-order valence-corrected chi connectivity index (χ4v) is 3.97. The van der Waals surface area contributed by atoms with Gasteiger partial charge in [-0.15, -0.1) is 22.7 Å². The molecule has 16 heavy (non-hydrogen) atoms. The molecule has 1 nitrogen and oxygen atoms in total. The summed E-state index contributed by atoms with van der Waals surface area (Å²) in [6.07, 6.45) is 2.22. The molecule has 1 N–H and O–H groups in total. The average molecular weight is 316 g/mol. The van der Waals surface area contributed by atoms with Crippen molar-refractivity contribution in [3.63, 3.8) is 0 Å². The second kappa shape index (κ2) is 5.96. The highest BCUT2D eigenvalue weighted by molar-refractivity contribution is 9.10. The topological polar surface area (TPSA) is 12.0 Å². The highest BCUT2D eigenvalue weighted by Gasteiger charge is 2.10. The molecule has 1 unspecified atom stereocenters. The summed E-state index contributed by atoms with van der Waals surface area (Å²) in [5, 5.41) is 7.68. The lowest BCUT2D eigenvalue weighted by Crippen LogP contribution is -2.29. The summed E-state index contributed by atoms with van der Waals surface area (Å²) in [5.74, 6) is 0. The molecule has 0 radical (unpaired) electrons. The van der Waals surface area contributed by atoms with E-state index in [0.29, 0.717) is 6.04 Å². The lowest BCUT2D eigenvalue weighted by Gasteiger charge is -2.13. The summed E-state index contributed by atoms with van der Waals surface area (Å²) in [5.41, 5.74) is 0. The third-order valence-electron chi connectivity index (χ3n) is 2.51. The van der Waals surface area contributed by atoms with Crippen molar-refractivity contribution in [3.05, 3.63) is 43.2 Å². The van der Waals surface area contributed by atoms with E-state index >= 15 is 0 Å². The van der Waals surface area contributed by atoms with E-state index in [1.165, 1.54) is 14.2 Å². The van der Waals surface area contributed by atoms with Gasteiger partial charge in [0.1, 0.15) is 0 Å². The Bertz CT molecular complexity index is 422. The molecule has 0 bridgehead atoms. The first-order chi connectivity index (χ1) is 7.78. The summed E-state index contributed by atoms with van der Waals surface area (Å²) in [7, 11) is 2.04. The summed E-state index contributed by atoms with van der Waals surface area (Å²) in [6, 6.07) is 7.07. The van der Waals surface area contributed by atoms with Crippen LogP contribution in [0.15, 0.2) is 33.4 Å². The molecular weight excluding hydrogens is 302 g/mol. The smallest absolute Gasteiger partial charge is 0.0285 e. The van der Waals surface area contributed by atoms with E-state index in [4.69, 9.17) is 0 Å². The molecular formula is C12H14BrNS2. The first kappa shape index (κ1) is 12.3. The van der Waals surface area contributed by atoms with Crippen LogP contribution in [-0.2, 0) is 12.8 Å². The lowest BCUT2D eigenvalue weighted by molar-refractivity contribution is 0.564. The zero-order valence-electron chi connectivity index (χ0n) is 9.07. The van der Waals surface area contributed by atoms with Crippen LogP contribution in [0.5, 0.6) is 0 Å². The quantitative estimate of drug-likeness (QED) is 0.881. The Morgan fingerprint density at radius 1 is 1.31 bits per heavy atom. The molecule has 0 fully saturated rings. The van der Waals surface area contributed by atoms with E-state index in [0.717, 1.165) is 12.8 Å². The molecule has 0 aliphatic rings. The second-order valence-corrected chi connectivity index (χ2v) is 6.65. The minimum absolute atomic E-state index is 0.532. The molecule has 86 valence electrons. The van der Waals surface area contributed by atoms with E-state index in [-0.39, 0.29) is 0 Å². The molecule has 2 aromatic rings. The molecule has 0 aliphatic carbocycles. The van der Waals surface area contributed by atoms with Crippen LogP contribution in [0.4, 0.5) is 0 Å². The minimum atomic E-state index is 0.532. The largest absolute Gasteiger partial charge is 0.316 e. The Balaban J connectivity index is 1.95. The van der Waals surface area contributed by atoms with Crippen molar-refractivity contribution in [1.29, 1.82) is 0 Å². The fraction of sp³-hybridized carbons (Fsp3) is 0.333. The molecule has 1 atom stereocenters. The Hall–Kier alpha value is -0.160. The Labute approximate surface area is 113 Å². The predicted octanol–water partition coefficient (Wildman–Crippen LogP) is 3.95. The van der Waals surface area contributed by atoms with Crippen LogP contribution in [0.3, 0.4) is 0 Å². The van der Waals surface area contributed by atoms with Crippen LogP contribution in [0, 0.1) is 0 Å². The molecule has 2 rings (SSSR count). The number of rotatable bonds is 5. The van der Waals surface area contributed by atoms with Gasteiger partial charge in [0.25, 0.3) is 0 Å². The van der Waals surface area contributed by atoms with Crippen molar-refractivity contribution < 1.29 is 0 Å². The minimum Gasteiger partial charge on any atom is -0.316 e. The number of nitrogens with one attached hydrogen (secondary N) is 1. The van der Waals surface area contributed by atoms with E-state index in [1.807, 2.05) is 29.7 Å². The number of halogens is 1. The van der Waals surface area contributed by atoms with Crippen molar-refractivity contribution in [2.45, 2.75) is 18.9 Å². The van der Waals surface area contributed by atoms with Gasteiger partial charge < -0.3 is 5.32 Å². The van der Waals surface area contributed by atoms with E-state index < -0.39 is 0 Å². The van der Waals surface area contributed by atoms with Crippen LogP contribution in [-0.4, -0.2) is 13.1 Å². The van der Waals surface area contributed by atoms with Crippen molar-refractivity contribution in [1.82, 2.24) is 5.32 Å². The van der Waals surface area contributed by atoms with Gasteiger partial charge in [0.2, 0.25) is 0 Å². The summed E-state index contributed by atoms with van der Waals surface area (Å²) >= 11 is 7.16. The van der Waals surface area contributed by atoms with Crippen LogP contribution in [0.1, 0.15) is 9.75 Å². The van der Waals surface area contributed by atoms with Crippen LogP contribution in [0.2, 0.25) is 0 Å². The van der Waals surface area contributed by atoms with Gasteiger partial charge in [-0.3, -0.25) is 0 Å². The van der Waals surface area contributed by atoms with Gasteiger partial charge in [0.15, 0.2) is 0 Å². The zero-order valence-corrected chi connectivity index (χ0v) is 12.3. The van der Waals surface area contributed by atoms with Crippen LogP contribution < -0.4 is 5.32 Å². The molecule has 4 heteroatoms. The molecule has 0 amide bonds. The second-order valence-electron chi connectivity index (χ2n) is 3.70. The Morgan fingerprint density at radius 2 is 2.12 bits per heavy atom. The third-order valence-corrected chi connectivity index (χ3v) is 5.12. The van der Waals surface area contributed by atoms with Crippen molar-refractivity contribution >= 4 is 38.6 Å². The zero-order chi connectivity index (χ0) is 11.4. The third kappa shape index (κ3) is 3.42. The normalized spacial score (nSPS) is 12.9. The SMILES string of the molecule is CNC(Cc1cccs1)Cc1cc(Br)cs1. The monoisotopic (exact) mass is 315 g/mol. The molecule has 0 saturated heterocycles. The molecule has 0 aromatic carbocycles. The van der Waals surface area contributed by atoms with Gasteiger partial charge in [0.05, 0.1) is 0 Å². The number of likely N-dealkylation sites (N-methyl/N-ethyl adjacent to an activating group) is 1. The molecule has 2 heterocycles. The van der Waals surface area contributed by atoms with Crippen molar-refractivity contribution in [2.75, 3.05) is 7.05 Å². The van der Waals surface area contributed by atoms with Crippen molar-refractivity contribution in [3.8, 4) is 0 Å². The van der Waals surface area contributed by atoms with Gasteiger partial charge in [-0.25, -0.2) is 0 Å². The first-order valence-electron chi connectivity index (χ1n) is 5.20. The standard InChI is InChI=1S/C12H14BrNS2/c1-14-10(6-11-3-2-4-15-11)7-12-5-9(13)8-16-12/h2-5,8,10,14H,6-7H2,1H3. The maximum absolute atomic E-state index is 3.50. The number of hydrogen-bond acceptors (Lipinski definition) is 3. The molecule has 0 spiro atoms. The first-order valence-corrected chi connectivity index (χ1v) is 7.75. The van der Waals surface area contributed by atoms with E-state index in [1.54, 1.807) is 0 Å². The summed E-state index contributed by atoms with van der Waals surface area (Å²) < 4.78 is 1.19. The average Bonchev–Trinajstić information content (AvgIpc) is 2.89. The molecule has 0 saturated carbocycles. The maximum Gasteiger partial charge on any atom is 0.0285 e. The maximum atomic E-state index is 3.50. The van der Waals surface area contributed by atoms with E-state index in [9.17, 15) is 0 Å². The predicted molar refractivity (Wildman–Crippen MR) is 76.6 cm³/mol. The van der Waals surface area contributed by atoms with Crippen molar-refractivity contribution in [2.24, 2.45) is 0 Å². The fourth-order valence-electron chi connectivity index (χ4n) is 1.65. The lowest BCUT2D eigenvalue weighted by atomic mass is 10.1. The summed E-state index contributed by atoms with van der Waals surface area (Å²) in [6.45, 7) is 0. The highest BCUT2D eigenvalue weighted by Crippen LogP contribution is 2.22. The van der Waals surface area contributed by atoms with E-state index in [2.05, 4.69) is 50.2 Å². The van der Waals surface area contributed by atoms with Gasteiger partial charge in [-0.1, -0.05) is 6.07 Å². The van der Waals surface area contributed by atoms with Crippen LogP contribution in [0.25, 0.3) is 0 Å².